The van der Waals surface area contributed by atoms with Crippen LogP contribution in [0, 0.1) is 27.7 Å². The van der Waals surface area contributed by atoms with Crippen LogP contribution >= 0.6 is 0 Å². The van der Waals surface area contributed by atoms with Gasteiger partial charge in [0.25, 0.3) is 0 Å². The maximum atomic E-state index is 12.1. The van der Waals surface area contributed by atoms with Crippen LogP contribution < -0.4 is 10.6 Å². The Kier molecular flexibility index (Phi) is 5.16. The third-order valence-electron chi connectivity index (χ3n) is 3.82. The van der Waals surface area contributed by atoms with E-state index in [1.54, 1.807) is 0 Å². The van der Waals surface area contributed by atoms with Crippen molar-refractivity contribution in [1.82, 2.24) is 5.32 Å². The molecule has 2 N–H and O–H groups in total. The molecule has 2 rings (SSSR count). The number of rotatable bonds is 3. The van der Waals surface area contributed by atoms with Crippen LogP contribution in [0.1, 0.15) is 27.8 Å². The van der Waals surface area contributed by atoms with Gasteiger partial charge in [0.15, 0.2) is 0 Å². The topological polar surface area (TPSA) is 58.2 Å². The van der Waals surface area contributed by atoms with Gasteiger partial charge in [-0.2, -0.15) is 0 Å². The number of aryl methyl sites for hydroxylation is 4. The number of anilines is 1. The summed E-state index contributed by atoms with van der Waals surface area (Å²) in [4.78, 5) is 24.1. The first-order chi connectivity index (χ1) is 10.9. The molecule has 0 saturated carbocycles. The second-order valence-corrected chi connectivity index (χ2v) is 5.84. The van der Waals surface area contributed by atoms with Crippen molar-refractivity contribution in [2.45, 2.75) is 34.2 Å². The lowest BCUT2D eigenvalue weighted by molar-refractivity contribution is -0.136. The fourth-order valence-electron chi connectivity index (χ4n) is 2.61. The van der Waals surface area contributed by atoms with Crippen LogP contribution in [-0.4, -0.2) is 11.8 Å². The van der Waals surface area contributed by atoms with Crippen LogP contribution in [0.15, 0.2) is 36.4 Å². The quantitative estimate of drug-likeness (QED) is 0.856. The van der Waals surface area contributed by atoms with Crippen LogP contribution in [0.4, 0.5) is 5.69 Å². The van der Waals surface area contributed by atoms with E-state index in [1.807, 2.05) is 64.1 Å². The smallest absolute Gasteiger partial charge is 0.313 e. The minimum absolute atomic E-state index is 0.338. The van der Waals surface area contributed by atoms with Crippen LogP contribution in [0.25, 0.3) is 0 Å². The Labute approximate surface area is 136 Å². The Bertz CT molecular complexity index is 728. The molecule has 0 aliphatic carbocycles. The second-order valence-electron chi connectivity index (χ2n) is 5.84. The third kappa shape index (κ3) is 4.19. The summed E-state index contributed by atoms with van der Waals surface area (Å²) in [6, 6.07) is 11.7. The molecule has 0 spiro atoms. The Morgan fingerprint density at radius 3 is 2.09 bits per heavy atom. The molecular formula is C19H22N2O2. The van der Waals surface area contributed by atoms with Gasteiger partial charge in [0, 0.05) is 12.2 Å². The van der Waals surface area contributed by atoms with Gasteiger partial charge in [0.2, 0.25) is 0 Å². The maximum Gasteiger partial charge on any atom is 0.313 e. The fraction of sp³-hybridized carbons (Fsp3) is 0.263. The SMILES string of the molecule is Cc1cc(C)c(NC(=O)C(=O)NCc2ccccc2C)c(C)c1. The largest absolute Gasteiger partial charge is 0.344 e. The second kappa shape index (κ2) is 7.09. The van der Waals surface area contributed by atoms with E-state index in [0.29, 0.717) is 12.2 Å². The average molecular weight is 310 g/mol. The van der Waals surface area contributed by atoms with E-state index in [-0.39, 0.29) is 0 Å². The van der Waals surface area contributed by atoms with E-state index < -0.39 is 11.8 Å². The van der Waals surface area contributed by atoms with Gasteiger partial charge in [0.05, 0.1) is 0 Å². The van der Waals surface area contributed by atoms with Crippen molar-refractivity contribution in [3.63, 3.8) is 0 Å². The molecule has 2 aromatic carbocycles. The van der Waals surface area contributed by atoms with Crippen LogP contribution in [-0.2, 0) is 16.1 Å². The molecule has 0 radical (unpaired) electrons. The zero-order chi connectivity index (χ0) is 17.0. The first kappa shape index (κ1) is 16.7. The molecular weight excluding hydrogens is 288 g/mol. The number of carbonyl (C=O) groups is 2. The van der Waals surface area contributed by atoms with Gasteiger partial charge >= 0.3 is 11.8 Å². The van der Waals surface area contributed by atoms with Gasteiger partial charge in [-0.25, -0.2) is 0 Å². The van der Waals surface area contributed by atoms with Gasteiger partial charge in [-0.05, 0) is 49.9 Å². The fourth-order valence-corrected chi connectivity index (χ4v) is 2.61. The summed E-state index contributed by atoms with van der Waals surface area (Å²) in [5.41, 5.74) is 5.80. The van der Waals surface area contributed by atoms with Crippen molar-refractivity contribution in [3.05, 3.63) is 64.2 Å². The molecule has 4 heteroatoms. The summed E-state index contributed by atoms with van der Waals surface area (Å²) in [5, 5.41) is 5.36. The van der Waals surface area contributed by atoms with Gasteiger partial charge in [-0.1, -0.05) is 42.0 Å². The van der Waals surface area contributed by atoms with Crippen LogP contribution in [0.5, 0.6) is 0 Å². The minimum Gasteiger partial charge on any atom is -0.344 e. The maximum absolute atomic E-state index is 12.1. The van der Waals surface area contributed by atoms with Gasteiger partial charge < -0.3 is 10.6 Å². The molecule has 0 unspecified atom stereocenters. The molecule has 0 aliphatic heterocycles. The number of hydrogen-bond donors (Lipinski definition) is 2. The molecule has 0 bridgehead atoms. The minimum atomic E-state index is -0.645. The predicted octanol–water partition coefficient (Wildman–Crippen LogP) is 3.18. The summed E-state index contributed by atoms with van der Waals surface area (Å²) in [7, 11) is 0. The molecule has 23 heavy (non-hydrogen) atoms. The van der Waals surface area contributed by atoms with Crippen molar-refractivity contribution in [2.75, 3.05) is 5.32 Å². The summed E-state index contributed by atoms with van der Waals surface area (Å²) in [6.07, 6.45) is 0. The Morgan fingerprint density at radius 2 is 1.48 bits per heavy atom. The molecule has 4 nitrogen and oxygen atoms in total. The van der Waals surface area contributed by atoms with E-state index >= 15 is 0 Å². The molecule has 0 atom stereocenters. The van der Waals surface area contributed by atoms with Crippen molar-refractivity contribution in [3.8, 4) is 0 Å². The number of amides is 2. The molecule has 0 aromatic heterocycles. The van der Waals surface area contributed by atoms with Crippen LogP contribution in [0.2, 0.25) is 0 Å². The summed E-state index contributed by atoms with van der Waals surface area (Å²) in [5.74, 6) is -1.28. The lowest BCUT2D eigenvalue weighted by Crippen LogP contribution is -2.35. The van der Waals surface area contributed by atoms with Crippen molar-refractivity contribution in [1.29, 1.82) is 0 Å². The Morgan fingerprint density at radius 1 is 0.870 bits per heavy atom. The average Bonchev–Trinajstić information content (AvgIpc) is 2.49. The van der Waals surface area contributed by atoms with Gasteiger partial charge in [-0.15, -0.1) is 0 Å². The molecule has 0 saturated heterocycles. The highest BCUT2D eigenvalue weighted by molar-refractivity contribution is 6.39. The van der Waals surface area contributed by atoms with Crippen molar-refractivity contribution in [2.24, 2.45) is 0 Å². The van der Waals surface area contributed by atoms with Crippen molar-refractivity contribution >= 4 is 17.5 Å². The highest BCUT2D eigenvalue weighted by Gasteiger charge is 2.16. The van der Waals surface area contributed by atoms with Crippen molar-refractivity contribution < 1.29 is 9.59 Å². The Hall–Kier alpha value is -2.62. The Balaban J connectivity index is 2.01. The molecule has 2 aromatic rings. The van der Waals surface area contributed by atoms with E-state index in [9.17, 15) is 9.59 Å². The summed E-state index contributed by atoms with van der Waals surface area (Å²) in [6.45, 7) is 8.15. The standard InChI is InChI=1S/C19H22N2O2/c1-12-9-14(3)17(15(4)10-12)21-19(23)18(22)20-11-16-8-6-5-7-13(16)2/h5-10H,11H2,1-4H3,(H,20,22)(H,21,23). The first-order valence-corrected chi connectivity index (χ1v) is 7.60. The van der Waals surface area contributed by atoms with E-state index in [4.69, 9.17) is 0 Å². The lowest BCUT2D eigenvalue weighted by atomic mass is 10.1. The highest BCUT2D eigenvalue weighted by Crippen LogP contribution is 2.21. The predicted molar refractivity (Wildman–Crippen MR) is 92.3 cm³/mol. The summed E-state index contributed by atoms with van der Waals surface area (Å²) >= 11 is 0. The zero-order valence-corrected chi connectivity index (χ0v) is 14.0. The van der Waals surface area contributed by atoms with Crippen LogP contribution in [0.3, 0.4) is 0 Å². The van der Waals surface area contributed by atoms with Gasteiger partial charge in [0.1, 0.15) is 0 Å². The van der Waals surface area contributed by atoms with E-state index in [1.165, 1.54) is 0 Å². The molecule has 2 amide bonds. The normalized spacial score (nSPS) is 10.3. The zero-order valence-electron chi connectivity index (χ0n) is 14.0. The number of nitrogens with one attached hydrogen (secondary N) is 2. The third-order valence-corrected chi connectivity index (χ3v) is 3.82. The van der Waals surface area contributed by atoms with E-state index in [0.717, 1.165) is 27.8 Å². The van der Waals surface area contributed by atoms with Gasteiger partial charge in [-0.3, -0.25) is 9.59 Å². The first-order valence-electron chi connectivity index (χ1n) is 7.60. The number of carbonyl (C=O) groups excluding carboxylic acids is 2. The summed E-state index contributed by atoms with van der Waals surface area (Å²) < 4.78 is 0. The monoisotopic (exact) mass is 310 g/mol. The lowest BCUT2D eigenvalue weighted by Gasteiger charge is -2.13. The molecule has 120 valence electrons. The molecule has 0 fully saturated rings. The molecule has 0 aliphatic rings. The molecule has 0 heterocycles. The number of hydrogen-bond acceptors (Lipinski definition) is 2. The number of benzene rings is 2. The van der Waals surface area contributed by atoms with E-state index in [2.05, 4.69) is 10.6 Å². The highest BCUT2D eigenvalue weighted by atomic mass is 16.2.